The van der Waals surface area contributed by atoms with E-state index in [-0.39, 0.29) is 41.4 Å². The summed E-state index contributed by atoms with van der Waals surface area (Å²) in [6.07, 6.45) is 5.61. The standard InChI is InChI=1S/C41H60N6O8/c1-10-11-22-28(34(49)36(51)42-23-29(48)46(9)32(38(53)45(7)8)26-20-16-13-17-21-26)43-35(50)33-30-27(41(30,5)6)24-47(33)37(52)31(25-18-14-12-15-19-25)44-39(54)55-40(2,3)4/h10,13,16-17,20-21,25,27-28,30-33H,1,11-12,14-15,18-19,22-24H2,2-9H3,(H,42,51)(H,43,50)(H,44,54)/t27-,28?,30-,31-,32-,33-/m0/s1. The van der Waals surface area contributed by atoms with Gasteiger partial charge in [0.2, 0.25) is 29.4 Å². The molecule has 14 nitrogen and oxygen atoms in total. The van der Waals surface area contributed by atoms with Crippen molar-refractivity contribution in [1.82, 2.24) is 30.7 Å². The van der Waals surface area contributed by atoms with Crippen molar-refractivity contribution in [3.63, 3.8) is 0 Å². The maximum Gasteiger partial charge on any atom is 0.408 e. The van der Waals surface area contributed by atoms with Gasteiger partial charge in [-0.1, -0.05) is 69.5 Å². The normalized spacial score (nSPS) is 21.8. The van der Waals surface area contributed by atoms with Crippen LogP contribution in [-0.2, 0) is 33.5 Å². The summed E-state index contributed by atoms with van der Waals surface area (Å²) in [7, 11) is 4.61. The molecule has 14 heteroatoms. The van der Waals surface area contributed by atoms with E-state index in [9.17, 15) is 33.6 Å². The fourth-order valence-corrected chi connectivity index (χ4v) is 8.17. The van der Waals surface area contributed by atoms with Gasteiger partial charge in [0.05, 0.1) is 12.6 Å². The van der Waals surface area contributed by atoms with Crippen molar-refractivity contribution >= 4 is 41.4 Å². The lowest BCUT2D eigenvalue weighted by Crippen LogP contribution is -2.60. The van der Waals surface area contributed by atoms with Crippen molar-refractivity contribution in [3.05, 3.63) is 48.6 Å². The second-order valence-corrected chi connectivity index (χ2v) is 16.9. The highest BCUT2D eigenvalue weighted by molar-refractivity contribution is 6.38. The second kappa shape index (κ2) is 17.8. The van der Waals surface area contributed by atoms with Crippen LogP contribution in [-0.4, -0.2) is 114 Å². The summed E-state index contributed by atoms with van der Waals surface area (Å²) in [5.74, 6) is -4.19. The molecule has 1 aromatic rings. The van der Waals surface area contributed by atoms with Gasteiger partial charge in [-0.2, -0.15) is 0 Å². The van der Waals surface area contributed by atoms with E-state index in [1.54, 1.807) is 71.3 Å². The number of piperidine rings is 1. The van der Waals surface area contributed by atoms with Crippen molar-refractivity contribution in [2.45, 2.75) is 109 Å². The van der Waals surface area contributed by atoms with Crippen LogP contribution >= 0.6 is 0 Å². The molecule has 0 radical (unpaired) electrons. The monoisotopic (exact) mass is 764 g/mol. The molecular formula is C41H60N6O8. The molecule has 3 N–H and O–H groups in total. The van der Waals surface area contributed by atoms with Gasteiger partial charge >= 0.3 is 6.09 Å². The minimum Gasteiger partial charge on any atom is -0.444 e. The molecule has 0 spiro atoms. The predicted octanol–water partition coefficient (Wildman–Crippen LogP) is 3.37. The first-order valence-electron chi connectivity index (χ1n) is 19.3. The van der Waals surface area contributed by atoms with Gasteiger partial charge < -0.3 is 35.4 Å². The van der Waals surface area contributed by atoms with Crippen LogP contribution < -0.4 is 16.0 Å². The van der Waals surface area contributed by atoms with Gasteiger partial charge in [0.25, 0.3) is 5.91 Å². The third-order valence-corrected chi connectivity index (χ3v) is 11.3. The number of fused-ring (bicyclic) bond motifs is 1. The lowest BCUT2D eigenvalue weighted by molar-refractivity contribution is -0.145. The van der Waals surface area contributed by atoms with Gasteiger partial charge in [-0.05, 0) is 75.2 Å². The van der Waals surface area contributed by atoms with E-state index < -0.39 is 65.9 Å². The summed E-state index contributed by atoms with van der Waals surface area (Å²) in [6.45, 7) is 12.8. The highest BCUT2D eigenvalue weighted by Crippen LogP contribution is 2.65. The second-order valence-electron chi connectivity index (χ2n) is 16.9. The van der Waals surface area contributed by atoms with E-state index >= 15 is 0 Å². The third kappa shape index (κ3) is 10.3. The summed E-state index contributed by atoms with van der Waals surface area (Å²) in [6, 6.07) is 4.70. The SMILES string of the molecule is C=CCCC(NC(=O)[C@@H]1[C@@H]2[C@H](CN1C(=O)[C@@H](NC(=O)OC(C)(C)C)C1CCCCC1)C2(C)C)C(=O)C(=O)NCC(=O)N(C)[C@H](C(=O)N(C)C)c1ccccc1. The number of likely N-dealkylation sites (tertiary alicyclic amines) is 1. The molecule has 2 saturated carbocycles. The van der Waals surface area contributed by atoms with Crippen molar-refractivity contribution in [1.29, 1.82) is 0 Å². The molecule has 1 aliphatic heterocycles. The number of allylic oxidation sites excluding steroid dienone is 1. The predicted molar refractivity (Wildman–Crippen MR) is 206 cm³/mol. The van der Waals surface area contributed by atoms with E-state index in [4.69, 9.17) is 4.74 Å². The molecule has 2 aliphatic carbocycles. The lowest BCUT2D eigenvalue weighted by atomic mass is 9.83. The number of ether oxygens (including phenoxy) is 1. The maximum atomic E-state index is 14.4. The number of carbonyl (C=O) groups excluding carboxylic acids is 7. The average molecular weight is 765 g/mol. The maximum absolute atomic E-state index is 14.4. The largest absolute Gasteiger partial charge is 0.444 e. The van der Waals surface area contributed by atoms with Crippen LogP contribution in [0.1, 0.15) is 91.2 Å². The molecule has 6 amide bonds. The highest BCUT2D eigenvalue weighted by Gasteiger charge is 2.69. The summed E-state index contributed by atoms with van der Waals surface area (Å²) in [5, 5.41) is 7.99. The van der Waals surface area contributed by atoms with Crippen molar-refractivity contribution in [2.75, 3.05) is 34.2 Å². The highest BCUT2D eigenvalue weighted by atomic mass is 16.6. The van der Waals surface area contributed by atoms with Gasteiger partial charge in [0.15, 0.2) is 0 Å². The first-order chi connectivity index (χ1) is 25.8. The van der Waals surface area contributed by atoms with Crippen molar-refractivity contribution in [2.24, 2.45) is 23.2 Å². The number of hydrogen-bond donors (Lipinski definition) is 3. The average Bonchev–Trinajstić information content (AvgIpc) is 3.43. The molecule has 6 atom stereocenters. The Kier molecular flexibility index (Phi) is 13.9. The molecule has 1 unspecified atom stereocenters. The van der Waals surface area contributed by atoms with Crippen LogP contribution in [0.2, 0.25) is 0 Å². The Balaban J connectivity index is 1.49. The molecule has 3 fully saturated rings. The number of benzene rings is 1. The van der Waals surface area contributed by atoms with Crippen LogP contribution in [0.25, 0.3) is 0 Å². The number of ketones is 1. The van der Waals surface area contributed by atoms with E-state index in [1.165, 1.54) is 21.7 Å². The van der Waals surface area contributed by atoms with E-state index in [2.05, 4.69) is 22.5 Å². The van der Waals surface area contributed by atoms with Crippen LogP contribution in [0.4, 0.5) is 4.79 Å². The van der Waals surface area contributed by atoms with Crippen LogP contribution in [0, 0.1) is 23.2 Å². The summed E-state index contributed by atoms with van der Waals surface area (Å²) in [5.41, 5.74) is -0.435. The van der Waals surface area contributed by atoms with Gasteiger partial charge in [-0.25, -0.2) is 4.79 Å². The fourth-order valence-electron chi connectivity index (χ4n) is 8.17. The molecule has 302 valence electrons. The number of nitrogens with zero attached hydrogens (tertiary/aromatic N) is 3. The molecule has 0 aromatic heterocycles. The number of amides is 6. The third-order valence-electron chi connectivity index (χ3n) is 11.3. The number of likely N-dealkylation sites (N-methyl/N-ethyl adjacent to an activating group) is 2. The topological polar surface area (TPSA) is 175 Å². The first kappa shape index (κ1) is 43.0. The molecule has 0 bridgehead atoms. The number of rotatable bonds is 15. The Morgan fingerprint density at radius 3 is 2.20 bits per heavy atom. The Morgan fingerprint density at radius 1 is 0.982 bits per heavy atom. The van der Waals surface area contributed by atoms with Gasteiger partial charge in [0.1, 0.15) is 23.7 Å². The number of hydrogen-bond acceptors (Lipinski definition) is 8. The number of alkyl carbamates (subject to hydrolysis) is 1. The molecule has 55 heavy (non-hydrogen) atoms. The number of nitrogens with one attached hydrogen (secondary N) is 3. The fraction of sp³-hybridized carbons (Fsp3) is 0.634. The minimum absolute atomic E-state index is 0.0356. The molecular weight excluding hydrogens is 704 g/mol. The lowest BCUT2D eigenvalue weighted by Gasteiger charge is -2.37. The minimum atomic E-state index is -1.27. The zero-order valence-corrected chi connectivity index (χ0v) is 33.7. The summed E-state index contributed by atoms with van der Waals surface area (Å²) >= 11 is 0. The van der Waals surface area contributed by atoms with E-state index in [1.807, 2.05) is 13.8 Å². The van der Waals surface area contributed by atoms with Crippen molar-refractivity contribution < 1.29 is 38.3 Å². The Bertz CT molecular complexity index is 1620. The molecule has 3 aliphatic rings. The molecule has 1 aromatic carbocycles. The van der Waals surface area contributed by atoms with E-state index in [0.29, 0.717) is 18.5 Å². The van der Waals surface area contributed by atoms with Crippen molar-refractivity contribution in [3.8, 4) is 0 Å². The summed E-state index contributed by atoms with van der Waals surface area (Å²) < 4.78 is 5.52. The van der Waals surface area contributed by atoms with Crippen LogP contribution in [0.3, 0.4) is 0 Å². The van der Waals surface area contributed by atoms with Crippen LogP contribution in [0.5, 0.6) is 0 Å². The Hall–Kier alpha value is -4.75. The number of carbonyl (C=O) groups is 7. The number of Topliss-reactive ketones (excluding diaryl/α,β-unsaturated/α-hetero) is 1. The van der Waals surface area contributed by atoms with Gasteiger partial charge in [-0.15, -0.1) is 6.58 Å². The Morgan fingerprint density at radius 2 is 1.62 bits per heavy atom. The zero-order chi connectivity index (χ0) is 40.8. The molecule has 1 heterocycles. The Labute approximate surface area is 325 Å². The van der Waals surface area contributed by atoms with Crippen LogP contribution in [0.15, 0.2) is 43.0 Å². The summed E-state index contributed by atoms with van der Waals surface area (Å²) in [4.78, 5) is 99.1. The van der Waals surface area contributed by atoms with Gasteiger partial charge in [0, 0.05) is 27.7 Å². The molecule has 4 rings (SSSR count). The van der Waals surface area contributed by atoms with Gasteiger partial charge in [-0.3, -0.25) is 28.8 Å². The first-order valence-corrected chi connectivity index (χ1v) is 19.3. The molecule has 1 saturated heterocycles. The smallest absolute Gasteiger partial charge is 0.408 e. The van der Waals surface area contributed by atoms with E-state index in [0.717, 1.165) is 32.1 Å². The zero-order valence-electron chi connectivity index (χ0n) is 33.7. The quantitative estimate of drug-likeness (QED) is 0.180.